The first-order chi connectivity index (χ1) is 13.5. The van der Waals surface area contributed by atoms with Gasteiger partial charge in [-0.15, -0.1) is 0 Å². The summed E-state index contributed by atoms with van der Waals surface area (Å²) in [4.78, 5) is 11.9. The average molecular weight is 400 g/mol. The highest BCUT2D eigenvalue weighted by Crippen LogP contribution is 2.10. The van der Waals surface area contributed by atoms with E-state index in [1.165, 1.54) is 38.9 Å². The average Bonchev–Trinajstić information content (AvgIpc) is 2.68. The number of carbonyl (C=O) groups is 1. The van der Waals surface area contributed by atoms with Gasteiger partial charge in [-0.05, 0) is 59.3 Å². The second-order valence-electron chi connectivity index (χ2n) is 7.70. The summed E-state index contributed by atoms with van der Waals surface area (Å²) in [6, 6.07) is 0. The quantitative estimate of drug-likeness (QED) is 0.273. The number of aliphatic hydroxyl groups is 1. The number of rotatable bonds is 18. The lowest BCUT2D eigenvalue weighted by Crippen LogP contribution is -3.11. The van der Waals surface area contributed by atoms with Crippen molar-refractivity contribution in [3.05, 3.63) is 12.2 Å². The largest absolute Gasteiger partial charge is 0.550 e. The minimum atomic E-state index is -0.939. The summed E-state index contributed by atoms with van der Waals surface area (Å²) >= 11 is 0. The molecule has 0 saturated carbocycles. The molecule has 4 heteroatoms. The first-order valence-corrected chi connectivity index (χ1v) is 11.9. The molecular formula is C24H49NO3. The number of unbranched alkanes of at least 4 members (excludes halogenated alkanes) is 8. The molecule has 168 valence electrons. The van der Waals surface area contributed by atoms with Gasteiger partial charge in [-0.1, -0.05) is 64.0 Å². The number of allylic oxidation sites excluding steroid dienone is 1. The molecule has 0 aliphatic rings. The fraction of sp³-hybridized carbons (Fsp3) is 0.875. The number of hydrogen-bond acceptors (Lipinski definition) is 3. The Kier molecular flexibility index (Phi) is 25.3. The van der Waals surface area contributed by atoms with Crippen LogP contribution in [0.4, 0.5) is 0 Å². The predicted octanol–water partition coefficient (Wildman–Crippen LogP) is 3.68. The van der Waals surface area contributed by atoms with Gasteiger partial charge in [0.25, 0.3) is 0 Å². The number of carbonyl (C=O) groups excluding carboxylic acids is 1. The number of quaternary nitrogens is 1. The van der Waals surface area contributed by atoms with E-state index in [-0.39, 0.29) is 12.5 Å². The SMILES string of the molecule is CCCCCC[C@@H](O)C/C=C\CCCCCCCC(=O)[O-].CC[NH+](CC)CC. The van der Waals surface area contributed by atoms with Gasteiger partial charge in [0.2, 0.25) is 0 Å². The Hall–Kier alpha value is -0.870. The van der Waals surface area contributed by atoms with Crippen LogP contribution in [0.15, 0.2) is 12.2 Å². The molecule has 0 aliphatic carbocycles. The summed E-state index contributed by atoms with van der Waals surface area (Å²) in [6.07, 6.45) is 17.0. The van der Waals surface area contributed by atoms with Gasteiger partial charge in [-0.3, -0.25) is 0 Å². The maximum atomic E-state index is 10.2. The Bertz CT molecular complexity index is 335. The van der Waals surface area contributed by atoms with Gasteiger partial charge < -0.3 is 19.9 Å². The van der Waals surface area contributed by atoms with E-state index in [2.05, 4.69) is 39.8 Å². The van der Waals surface area contributed by atoms with Gasteiger partial charge in [0, 0.05) is 5.97 Å². The van der Waals surface area contributed by atoms with E-state index >= 15 is 0 Å². The lowest BCUT2D eigenvalue weighted by molar-refractivity contribution is -0.894. The standard InChI is InChI=1S/C18H34O3.C6H15N/c1-2-3-4-11-14-17(19)15-12-9-7-5-6-8-10-13-16-18(20)21;1-4-7(5-2)6-3/h9,12,17,19H,2-8,10-11,13-16H2,1H3,(H,20,21);4-6H2,1-3H3/b12-9-;/t17-;/m1./s1. The van der Waals surface area contributed by atoms with Crippen LogP contribution in [-0.4, -0.2) is 36.8 Å². The lowest BCUT2D eigenvalue weighted by atomic mass is 10.1. The Labute approximate surface area is 175 Å². The fourth-order valence-electron chi connectivity index (χ4n) is 3.11. The smallest absolute Gasteiger partial charge is 0.0742 e. The third kappa shape index (κ3) is 25.1. The predicted molar refractivity (Wildman–Crippen MR) is 118 cm³/mol. The number of aliphatic carboxylic acids is 1. The maximum absolute atomic E-state index is 10.2. The normalized spacial score (nSPS) is 12.2. The summed E-state index contributed by atoms with van der Waals surface area (Å²) in [5.74, 6) is -0.939. The van der Waals surface area contributed by atoms with Crippen LogP contribution >= 0.6 is 0 Å². The zero-order valence-electron chi connectivity index (χ0n) is 19.3. The molecule has 0 saturated heterocycles. The second-order valence-corrected chi connectivity index (χ2v) is 7.70. The van der Waals surface area contributed by atoms with Gasteiger partial charge >= 0.3 is 0 Å². The van der Waals surface area contributed by atoms with Crippen molar-refractivity contribution in [3.8, 4) is 0 Å². The van der Waals surface area contributed by atoms with Crippen molar-refractivity contribution in [2.75, 3.05) is 19.6 Å². The molecule has 0 aromatic rings. The van der Waals surface area contributed by atoms with Gasteiger partial charge in [-0.25, -0.2) is 0 Å². The Morgan fingerprint density at radius 1 is 0.857 bits per heavy atom. The summed E-state index contributed by atoms with van der Waals surface area (Å²) in [7, 11) is 0. The summed E-state index contributed by atoms with van der Waals surface area (Å²) < 4.78 is 0. The fourth-order valence-corrected chi connectivity index (χ4v) is 3.11. The zero-order valence-corrected chi connectivity index (χ0v) is 19.3. The molecule has 1 atom stereocenters. The van der Waals surface area contributed by atoms with Crippen LogP contribution in [0.2, 0.25) is 0 Å². The van der Waals surface area contributed by atoms with E-state index in [1.807, 2.05) is 0 Å². The summed E-state index contributed by atoms with van der Waals surface area (Å²) in [5, 5.41) is 20.0. The van der Waals surface area contributed by atoms with Crippen molar-refractivity contribution in [2.45, 2.75) is 117 Å². The van der Waals surface area contributed by atoms with E-state index < -0.39 is 5.97 Å². The Balaban J connectivity index is 0. The number of carboxylic acid groups (broad SMARTS) is 1. The number of nitrogens with one attached hydrogen (secondary N) is 1. The van der Waals surface area contributed by atoms with Gasteiger partial charge in [-0.2, -0.15) is 0 Å². The maximum Gasteiger partial charge on any atom is 0.0742 e. The highest BCUT2D eigenvalue weighted by Gasteiger charge is 2.00. The van der Waals surface area contributed by atoms with Gasteiger partial charge in [0.1, 0.15) is 0 Å². The number of carboxylic acids is 1. The van der Waals surface area contributed by atoms with Crippen molar-refractivity contribution in [1.82, 2.24) is 0 Å². The number of aliphatic hydroxyl groups excluding tert-OH is 1. The topological polar surface area (TPSA) is 64.8 Å². The Morgan fingerprint density at radius 2 is 1.43 bits per heavy atom. The van der Waals surface area contributed by atoms with Gasteiger partial charge in [0.15, 0.2) is 0 Å². The van der Waals surface area contributed by atoms with Crippen LogP contribution in [0.5, 0.6) is 0 Å². The van der Waals surface area contributed by atoms with Crippen molar-refractivity contribution in [3.63, 3.8) is 0 Å². The van der Waals surface area contributed by atoms with E-state index in [4.69, 9.17) is 0 Å². The molecule has 0 amide bonds. The minimum Gasteiger partial charge on any atom is -0.550 e. The molecule has 0 aromatic heterocycles. The van der Waals surface area contributed by atoms with Crippen LogP contribution < -0.4 is 10.0 Å². The molecule has 0 spiro atoms. The molecule has 0 unspecified atom stereocenters. The molecule has 0 fully saturated rings. The molecule has 0 radical (unpaired) electrons. The van der Waals surface area contributed by atoms with Crippen molar-refractivity contribution in [2.24, 2.45) is 0 Å². The Morgan fingerprint density at radius 3 is 1.96 bits per heavy atom. The molecule has 0 rings (SSSR count). The third-order valence-electron chi connectivity index (χ3n) is 5.22. The first kappa shape index (κ1) is 29.3. The van der Waals surface area contributed by atoms with Crippen LogP contribution in [0.1, 0.15) is 111 Å². The minimum absolute atomic E-state index is 0.178. The summed E-state index contributed by atoms with van der Waals surface area (Å²) in [5.41, 5.74) is 0. The molecule has 28 heavy (non-hydrogen) atoms. The molecule has 2 N–H and O–H groups in total. The van der Waals surface area contributed by atoms with Crippen LogP contribution in [-0.2, 0) is 4.79 Å². The van der Waals surface area contributed by atoms with E-state index in [0.717, 1.165) is 57.8 Å². The molecule has 0 heterocycles. The number of hydrogen-bond donors (Lipinski definition) is 2. The van der Waals surface area contributed by atoms with E-state index in [1.54, 1.807) is 4.90 Å². The second kappa shape index (κ2) is 24.2. The van der Waals surface area contributed by atoms with Crippen LogP contribution in [0.25, 0.3) is 0 Å². The monoisotopic (exact) mass is 399 g/mol. The lowest BCUT2D eigenvalue weighted by Gasteiger charge is -2.10. The summed E-state index contributed by atoms with van der Waals surface area (Å²) in [6.45, 7) is 12.7. The molecule has 0 bridgehead atoms. The van der Waals surface area contributed by atoms with Crippen molar-refractivity contribution >= 4 is 5.97 Å². The van der Waals surface area contributed by atoms with E-state index in [9.17, 15) is 15.0 Å². The molecular weight excluding hydrogens is 350 g/mol. The van der Waals surface area contributed by atoms with Crippen molar-refractivity contribution < 1.29 is 19.9 Å². The van der Waals surface area contributed by atoms with Gasteiger partial charge in [0.05, 0.1) is 25.7 Å². The molecule has 0 aromatic carbocycles. The van der Waals surface area contributed by atoms with E-state index in [0.29, 0.717) is 0 Å². The molecule has 0 aliphatic heterocycles. The zero-order chi connectivity index (χ0) is 21.5. The van der Waals surface area contributed by atoms with Crippen LogP contribution in [0.3, 0.4) is 0 Å². The van der Waals surface area contributed by atoms with Crippen molar-refractivity contribution in [1.29, 1.82) is 0 Å². The highest BCUT2D eigenvalue weighted by atomic mass is 16.4. The first-order valence-electron chi connectivity index (χ1n) is 11.9. The third-order valence-corrected chi connectivity index (χ3v) is 5.22. The van der Waals surface area contributed by atoms with Crippen LogP contribution in [0, 0.1) is 0 Å². The molecule has 4 nitrogen and oxygen atoms in total. The highest BCUT2D eigenvalue weighted by molar-refractivity contribution is 5.63.